The van der Waals surface area contributed by atoms with Crippen molar-refractivity contribution in [3.63, 3.8) is 0 Å². The van der Waals surface area contributed by atoms with Crippen molar-refractivity contribution in [1.82, 2.24) is 0 Å². The molecule has 2 N–H and O–H groups in total. The van der Waals surface area contributed by atoms with E-state index in [0.717, 1.165) is 12.8 Å². The molecule has 2 aromatic rings. The molecule has 0 amide bonds. The minimum absolute atomic E-state index is 0.153. The summed E-state index contributed by atoms with van der Waals surface area (Å²) in [5, 5.41) is 0. The molecule has 0 aliphatic heterocycles. The van der Waals surface area contributed by atoms with Gasteiger partial charge >= 0.3 is 0 Å². The molecule has 0 saturated carbocycles. The van der Waals surface area contributed by atoms with E-state index in [2.05, 4.69) is 24.3 Å². The monoisotopic (exact) mass is 271 g/mol. The summed E-state index contributed by atoms with van der Waals surface area (Å²) >= 11 is 0. The number of aryl methyl sites for hydroxylation is 1. The number of nitrogen functional groups attached to an aromatic ring is 1. The van der Waals surface area contributed by atoms with Crippen molar-refractivity contribution in [1.29, 1.82) is 0 Å². The summed E-state index contributed by atoms with van der Waals surface area (Å²) < 4.78 is 19.1. The number of anilines is 1. The van der Waals surface area contributed by atoms with Crippen LogP contribution in [-0.4, -0.2) is 6.61 Å². The third-order valence-corrected chi connectivity index (χ3v) is 3.92. The van der Waals surface area contributed by atoms with Gasteiger partial charge in [-0.25, -0.2) is 4.39 Å². The molecule has 0 fully saturated rings. The van der Waals surface area contributed by atoms with Crippen molar-refractivity contribution in [3.8, 4) is 5.75 Å². The van der Waals surface area contributed by atoms with Gasteiger partial charge in [-0.3, -0.25) is 0 Å². The van der Waals surface area contributed by atoms with Gasteiger partial charge in [0.05, 0.1) is 12.3 Å². The molecule has 0 spiro atoms. The fourth-order valence-electron chi connectivity index (χ4n) is 2.82. The molecule has 3 heteroatoms. The van der Waals surface area contributed by atoms with Gasteiger partial charge in [0.1, 0.15) is 11.6 Å². The molecule has 0 radical (unpaired) electrons. The maximum absolute atomic E-state index is 13.4. The van der Waals surface area contributed by atoms with E-state index in [4.69, 9.17) is 10.5 Å². The molecule has 2 aromatic carbocycles. The lowest BCUT2D eigenvalue weighted by molar-refractivity contribution is 0.273. The van der Waals surface area contributed by atoms with Crippen LogP contribution in [0.15, 0.2) is 42.5 Å². The highest BCUT2D eigenvalue weighted by Crippen LogP contribution is 2.32. The first-order chi connectivity index (χ1) is 9.74. The molecule has 0 aromatic heterocycles. The summed E-state index contributed by atoms with van der Waals surface area (Å²) in [6, 6.07) is 13.1. The molecule has 1 unspecified atom stereocenters. The van der Waals surface area contributed by atoms with Gasteiger partial charge in [-0.2, -0.15) is 0 Å². The van der Waals surface area contributed by atoms with Crippen LogP contribution < -0.4 is 10.5 Å². The molecule has 1 aliphatic rings. The van der Waals surface area contributed by atoms with E-state index < -0.39 is 5.82 Å². The lowest BCUT2D eigenvalue weighted by Crippen LogP contribution is -2.16. The second-order valence-corrected chi connectivity index (χ2v) is 5.28. The zero-order valence-electron chi connectivity index (χ0n) is 11.3. The van der Waals surface area contributed by atoms with Crippen LogP contribution in [0.2, 0.25) is 0 Å². The highest BCUT2D eigenvalue weighted by molar-refractivity contribution is 5.43. The number of ether oxygens (including phenoxy) is 1. The van der Waals surface area contributed by atoms with Gasteiger partial charge in [0.15, 0.2) is 0 Å². The number of hydrogen-bond donors (Lipinski definition) is 1. The number of fused-ring (bicyclic) bond motifs is 1. The van der Waals surface area contributed by atoms with Crippen LogP contribution in [0.3, 0.4) is 0 Å². The predicted molar refractivity (Wildman–Crippen MR) is 78.4 cm³/mol. The number of nitrogens with two attached hydrogens (primary N) is 1. The van der Waals surface area contributed by atoms with Crippen molar-refractivity contribution in [2.75, 3.05) is 12.3 Å². The van der Waals surface area contributed by atoms with Crippen molar-refractivity contribution in [3.05, 3.63) is 59.4 Å². The number of halogens is 1. The van der Waals surface area contributed by atoms with Crippen molar-refractivity contribution >= 4 is 5.69 Å². The smallest absolute Gasteiger partial charge is 0.149 e. The molecular formula is C17H18FNO. The fraction of sp³-hybridized carbons (Fsp3) is 0.294. The number of benzene rings is 2. The maximum atomic E-state index is 13.4. The maximum Gasteiger partial charge on any atom is 0.149 e. The summed E-state index contributed by atoms with van der Waals surface area (Å²) in [5.74, 6) is 0.506. The normalized spacial score (nSPS) is 17.6. The minimum atomic E-state index is -0.424. The molecule has 0 bridgehead atoms. The average molecular weight is 271 g/mol. The summed E-state index contributed by atoms with van der Waals surface area (Å²) in [6.45, 7) is 0.584. The van der Waals surface area contributed by atoms with E-state index in [1.54, 1.807) is 12.1 Å². The molecule has 0 heterocycles. The topological polar surface area (TPSA) is 35.2 Å². The van der Waals surface area contributed by atoms with Crippen molar-refractivity contribution in [2.45, 2.75) is 25.2 Å². The first-order valence-corrected chi connectivity index (χ1v) is 6.99. The Kier molecular flexibility index (Phi) is 3.59. The zero-order valence-corrected chi connectivity index (χ0v) is 11.3. The van der Waals surface area contributed by atoms with Crippen LogP contribution in [0, 0.1) is 5.82 Å². The molecular weight excluding hydrogens is 253 g/mol. The van der Waals surface area contributed by atoms with E-state index in [1.165, 1.54) is 23.6 Å². The van der Waals surface area contributed by atoms with Crippen molar-refractivity contribution < 1.29 is 9.13 Å². The molecule has 20 heavy (non-hydrogen) atoms. The summed E-state index contributed by atoms with van der Waals surface area (Å²) in [5.41, 5.74) is 8.40. The van der Waals surface area contributed by atoms with Crippen molar-refractivity contribution in [2.24, 2.45) is 0 Å². The Labute approximate surface area is 118 Å². The van der Waals surface area contributed by atoms with Crippen LogP contribution >= 0.6 is 0 Å². The van der Waals surface area contributed by atoms with Crippen LogP contribution in [-0.2, 0) is 6.42 Å². The second-order valence-electron chi connectivity index (χ2n) is 5.28. The first-order valence-electron chi connectivity index (χ1n) is 6.99. The Balaban J connectivity index is 1.71. The van der Waals surface area contributed by atoms with Gasteiger partial charge in [-0.1, -0.05) is 24.3 Å². The van der Waals surface area contributed by atoms with Gasteiger partial charge < -0.3 is 10.5 Å². The Morgan fingerprint density at radius 2 is 2.05 bits per heavy atom. The summed E-state index contributed by atoms with van der Waals surface area (Å²) in [4.78, 5) is 0. The van der Waals surface area contributed by atoms with E-state index >= 15 is 0 Å². The standard InChI is InChI=1S/C17H18FNO/c18-16-10-14(8-9-17(16)19)20-11-13-6-3-5-12-4-1-2-7-15(12)13/h1-2,4,7-10,13H,3,5-6,11,19H2. The second kappa shape index (κ2) is 5.53. The highest BCUT2D eigenvalue weighted by Gasteiger charge is 2.20. The van der Waals surface area contributed by atoms with E-state index in [1.807, 2.05) is 0 Å². The minimum Gasteiger partial charge on any atom is -0.493 e. The summed E-state index contributed by atoms with van der Waals surface area (Å²) in [7, 11) is 0. The van der Waals surface area contributed by atoms with Gasteiger partial charge in [0, 0.05) is 12.0 Å². The molecule has 0 saturated heterocycles. The fourth-order valence-corrected chi connectivity index (χ4v) is 2.82. The Bertz CT molecular complexity index is 612. The zero-order chi connectivity index (χ0) is 13.9. The van der Waals surface area contributed by atoms with E-state index in [9.17, 15) is 4.39 Å². The third-order valence-electron chi connectivity index (χ3n) is 3.92. The SMILES string of the molecule is Nc1ccc(OCC2CCCc3ccccc32)cc1F. The third kappa shape index (κ3) is 2.62. The average Bonchev–Trinajstić information content (AvgIpc) is 2.48. The lowest BCUT2D eigenvalue weighted by atomic mass is 9.83. The van der Waals surface area contributed by atoms with E-state index in [0.29, 0.717) is 18.3 Å². The molecule has 1 atom stereocenters. The van der Waals surface area contributed by atoms with Gasteiger partial charge in [0.25, 0.3) is 0 Å². The van der Waals surface area contributed by atoms with Gasteiger partial charge in [-0.15, -0.1) is 0 Å². The van der Waals surface area contributed by atoms with Crippen LogP contribution in [0.4, 0.5) is 10.1 Å². The Morgan fingerprint density at radius 1 is 1.20 bits per heavy atom. The molecule has 104 valence electrons. The predicted octanol–water partition coefficient (Wildman–Crippen LogP) is 3.91. The van der Waals surface area contributed by atoms with Gasteiger partial charge in [0.2, 0.25) is 0 Å². The quantitative estimate of drug-likeness (QED) is 0.859. The van der Waals surface area contributed by atoms with E-state index in [-0.39, 0.29) is 5.69 Å². The van der Waals surface area contributed by atoms with Crippen LogP contribution in [0.1, 0.15) is 29.9 Å². The molecule has 2 nitrogen and oxygen atoms in total. The largest absolute Gasteiger partial charge is 0.493 e. The lowest BCUT2D eigenvalue weighted by Gasteiger charge is -2.25. The first kappa shape index (κ1) is 13.0. The highest BCUT2D eigenvalue weighted by atomic mass is 19.1. The van der Waals surface area contributed by atoms with Crippen LogP contribution in [0.25, 0.3) is 0 Å². The Morgan fingerprint density at radius 3 is 2.90 bits per heavy atom. The summed E-state index contributed by atoms with van der Waals surface area (Å²) in [6.07, 6.45) is 3.44. The van der Waals surface area contributed by atoms with Gasteiger partial charge in [-0.05, 0) is 42.5 Å². The van der Waals surface area contributed by atoms with Crippen LogP contribution in [0.5, 0.6) is 5.75 Å². The Hall–Kier alpha value is -2.03. The number of rotatable bonds is 3. The molecule has 1 aliphatic carbocycles. The molecule has 3 rings (SSSR count). The number of hydrogen-bond acceptors (Lipinski definition) is 2.